The van der Waals surface area contributed by atoms with Gasteiger partial charge in [-0.15, -0.1) is 0 Å². The van der Waals surface area contributed by atoms with Gasteiger partial charge in [-0.05, 0) is 38.8 Å². The van der Waals surface area contributed by atoms with Crippen molar-refractivity contribution in [2.24, 2.45) is 5.92 Å². The van der Waals surface area contributed by atoms with Crippen molar-refractivity contribution in [1.29, 1.82) is 0 Å². The van der Waals surface area contributed by atoms with E-state index in [1.165, 1.54) is 0 Å². The molecule has 0 saturated carbocycles. The van der Waals surface area contributed by atoms with E-state index in [0.29, 0.717) is 44.1 Å². The van der Waals surface area contributed by atoms with Gasteiger partial charge in [-0.3, -0.25) is 4.79 Å². The molecule has 4 rings (SSSR count). The Morgan fingerprint density at radius 1 is 0.900 bits per heavy atom. The van der Waals surface area contributed by atoms with E-state index in [1.807, 2.05) is 4.90 Å². The smallest absolute Gasteiger partial charge is 0.225 e. The van der Waals surface area contributed by atoms with Gasteiger partial charge in [-0.2, -0.15) is 0 Å². The summed E-state index contributed by atoms with van der Waals surface area (Å²) in [5.74, 6) is -3.36. The topological polar surface area (TPSA) is 42.0 Å². The number of nitrogens with zero attached hydrogens (tertiary/aromatic N) is 2. The second-order valence-electron chi connectivity index (χ2n) is 8.49. The Hall–Kier alpha value is -1.80. The second-order valence-corrected chi connectivity index (χ2v) is 8.49. The summed E-state index contributed by atoms with van der Waals surface area (Å²) in [6, 6.07) is 1.81. The van der Waals surface area contributed by atoms with Gasteiger partial charge < -0.3 is 19.3 Å². The third-order valence-electron chi connectivity index (χ3n) is 6.59. The molecule has 3 aliphatic heterocycles. The molecule has 0 atom stereocenters. The van der Waals surface area contributed by atoms with E-state index < -0.39 is 23.2 Å². The van der Waals surface area contributed by atoms with Crippen LogP contribution in [-0.4, -0.2) is 67.2 Å². The normalized spacial score (nSPS) is 23.0. The van der Waals surface area contributed by atoms with Crippen molar-refractivity contribution in [3.63, 3.8) is 0 Å². The lowest BCUT2D eigenvalue weighted by Crippen LogP contribution is -2.49. The number of hydrogen-bond donors (Lipinski definition) is 0. The Bertz CT molecular complexity index is 718. The van der Waals surface area contributed by atoms with Crippen molar-refractivity contribution in [2.45, 2.75) is 50.7 Å². The lowest BCUT2D eigenvalue weighted by molar-refractivity contribution is -0.139. The third-order valence-corrected chi connectivity index (χ3v) is 6.59. The fraction of sp³-hybridized carbons (Fsp3) is 0.682. The average Bonchev–Trinajstić information content (AvgIpc) is 2.77. The van der Waals surface area contributed by atoms with E-state index in [9.17, 15) is 18.0 Å². The van der Waals surface area contributed by atoms with E-state index in [0.717, 1.165) is 52.0 Å². The first-order valence-corrected chi connectivity index (χ1v) is 10.9. The van der Waals surface area contributed by atoms with Crippen molar-refractivity contribution in [1.82, 2.24) is 9.80 Å². The SMILES string of the molecule is O=C(C1CCN(C2CCOCC2)CC1)N1CCC(Oc2c(F)cc(F)cc2F)CC1. The number of rotatable bonds is 4. The summed E-state index contributed by atoms with van der Waals surface area (Å²) < 4.78 is 51.5. The zero-order valence-electron chi connectivity index (χ0n) is 17.1. The molecular weight excluding hydrogens is 397 g/mol. The highest BCUT2D eigenvalue weighted by Gasteiger charge is 2.33. The number of ether oxygens (including phenoxy) is 2. The van der Waals surface area contributed by atoms with Crippen LogP contribution in [0.25, 0.3) is 0 Å². The van der Waals surface area contributed by atoms with Gasteiger partial charge in [0.05, 0.1) is 0 Å². The Labute approximate surface area is 175 Å². The van der Waals surface area contributed by atoms with E-state index in [4.69, 9.17) is 9.47 Å². The average molecular weight is 426 g/mol. The van der Waals surface area contributed by atoms with Crippen LogP contribution in [0.2, 0.25) is 0 Å². The molecule has 5 nitrogen and oxygen atoms in total. The third kappa shape index (κ3) is 4.91. The molecule has 1 amide bonds. The number of halogens is 3. The molecule has 3 saturated heterocycles. The number of benzene rings is 1. The minimum Gasteiger partial charge on any atom is -0.484 e. The van der Waals surface area contributed by atoms with Gasteiger partial charge in [-0.25, -0.2) is 13.2 Å². The van der Waals surface area contributed by atoms with Crippen LogP contribution >= 0.6 is 0 Å². The lowest BCUT2D eigenvalue weighted by Gasteiger charge is -2.40. The molecule has 30 heavy (non-hydrogen) atoms. The highest BCUT2D eigenvalue weighted by molar-refractivity contribution is 5.79. The van der Waals surface area contributed by atoms with Gasteiger partial charge in [0.1, 0.15) is 11.9 Å². The molecular formula is C22H29F3N2O3. The molecule has 0 aliphatic carbocycles. The number of carbonyl (C=O) groups is 1. The van der Waals surface area contributed by atoms with Crippen LogP contribution in [-0.2, 0) is 9.53 Å². The van der Waals surface area contributed by atoms with Crippen LogP contribution in [0.5, 0.6) is 5.75 Å². The second kappa shape index (κ2) is 9.56. The first-order valence-electron chi connectivity index (χ1n) is 10.9. The minimum atomic E-state index is -1.04. The monoisotopic (exact) mass is 426 g/mol. The van der Waals surface area contributed by atoms with Crippen LogP contribution in [0.1, 0.15) is 38.5 Å². The summed E-state index contributed by atoms with van der Waals surface area (Å²) in [4.78, 5) is 17.3. The molecule has 3 aliphatic rings. The van der Waals surface area contributed by atoms with Crippen molar-refractivity contribution < 1.29 is 27.4 Å². The van der Waals surface area contributed by atoms with Crippen molar-refractivity contribution >= 4 is 5.91 Å². The molecule has 166 valence electrons. The molecule has 0 N–H and O–H groups in total. The van der Waals surface area contributed by atoms with Crippen LogP contribution in [0.3, 0.4) is 0 Å². The van der Waals surface area contributed by atoms with E-state index >= 15 is 0 Å². The summed E-state index contributed by atoms with van der Waals surface area (Å²) in [6.45, 7) is 4.56. The Kier molecular flexibility index (Phi) is 6.83. The van der Waals surface area contributed by atoms with Crippen LogP contribution < -0.4 is 4.74 Å². The first kappa shape index (κ1) is 21.4. The highest BCUT2D eigenvalue weighted by Crippen LogP contribution is 2.28. The summed E-state index contributed by atoms with van der Waals surface area (Å²) in [7, 11) is 0. The number of amides is 1. The molecule has 0 bridgehead atoms. The van der Waals surface area contributed by atoms with E-state index in [-0.39, 0.29) is 17.9 Å². The molecule has 8 heteroatoms. The maximum atomic E-state index is 13.8. The molecule has 0 aromatic heterocycles. The van der Waals surface area contributed by atoms with Gasteiger partial charge in [0.2, 0.25) is 5.91 Å². The molecule has 1 aromatic carbocycles. The molecule has 1 aromatic rings. The maximum Gasteiger partial charge on any atom is 0.225 e. The fourth-order valence-electron chi connectivity index (χ4n) is 4.82. The zero-order chi connectivity index (χ0) is 21.1. The van der Waals surface area contributed by atoms with Gasteiger partial charge in [0.15, 0.2) is 17.4 Å². The molecule has 3 fully saturated rings. The molecule has 0 unspecified atom stereocenters. The van der Waals surface area contributed by atoms with Gasteiger partial charge >= 0.3 is 0 Å². The number of hydrogen-bond acceptors (Lipinski definition) is 4. The zero-order valence-corrected chi connectivity index (χ0v) is 17.1. The van der Waals surface area contributed by atoms with Crippen molar-refractivity contribution in [2.75, 3.05) is 39.4 Å². The lowest BCUT2D eigenvalue weighted by atomic mass is 9.92. The number of carbonyl (C=O) groups excluding carboxylic acids is 1. The van der Waals surface area contributed by atoms with Crippen LogP contribution in [0.4, 0.5) is 13.2 Å². The largest absolute Gasteiger partial charge is 0.484 e. The summed E-state index contributed by atoms with van der Waals surface area (Å²) in [5, 5.41) is 0. The van der Waals surface area contributed by atoms with Gasteiger partial charge in [0, 0.05) is 63.2 Å². The summed E-state index contributed by atoms with van der Waals surface area (Å²) in [6.07, 6.45) is 4.50. The minimum absolute atomic E-state index is 0.0468. The van der Waals surface area contributed by atoms with Gasteiger partial charge in [0.25, 0.3) is 0 Å². The first-order chi connectivity index (χ1) is 14.5. The molecule has 3 heterocycles. The summed E-state index contributed by atoms with van der Waals surface area (Å²) >= 11 is 0. The predicted molar refractivity (Wildman–Crippen MR) is 105 cm³/mol. The van der Waals surface area contributed by atoms with Crippen LogP contribution in [0.15, 0.2) is 12.1 Å². The van der Waals surface area contributed by atoms with E-state index in [2.05, 4.69) is 4.90 Å². The maximum absolute atomic E-state index is 13.8. The fourth-order valence-corrected chi connectivity index (χ4v) is 4.82. The Morgan fingerprint density at radius 2 is 1.50 bits per heavy atom. The number of piperidine rings is 2. The predicted octanol–water partition coefficient (Wildman–Crippen LogP) is 3.36. The Balaban J connectivity index is 1.24. The summed E-state index contributed by atoms with van der Waals surface area (Å²) in [5.41, 5.74) is 0. The van der Waals surface area contributed by atoms with Crippen molar-refractivity contribution in [3.05, 3.63) is 29.6 Å². The standard InChI is InChI=1S/C22H29F3N2O3/c23-16-13-19(24)21(20(25)14-16)30-18-3-9-27(10-4-18)22(28)15-1-7-26(8-2-15)17-5-11-29-12-6-17/h13-15,17-18H,1-12H2. The van der Waals surface area contributed by atoms with Crippen LogP contribution in [0, 0.1) is 23.4 Å². The van der Waals surface area contributed by atoms with E-state index in [1.54, 1.807) is 0 Å². The Morgan fingerprint density at radius 3 is 2.10 bits per heavy atom. The quantitative estimate of drug-likeness (QED) is 0.741. The highest BCUT2D eigenvalue weighted by atomic mass is 19.1. The molecule has 0 spiro atoms. The number of likely N-dealkylation sites (tertiary alicyclic amines) is 2. The van der Waals surface area contributed by atoms with Gasteiger partial charge in [-0.1, -0.05) is 0 Å². The van der Waals surface area contributed by atoms with Crippen molar-refractivity contribution in [3.8, 4) is 5.75 Å². The molecule has 0 radical (unpaired) electrons.